The van der Waals surface area contributed by atoms with Crippen LogP contribution in [0.15, 0.2) is 78.9 Å². The van der Waals surface area contributed by atoms with Gasteiger partial charge >= 0.3 is 0 Å². The Hall–Kier alpha value is -4.63. The lowest BCUT2D eigenvalue weighted by molar-refractivity contribution is -0.133. The topological polar surface area (TPSA) is 97.4 Å². The van der Waals surface area contributed by atoms with Crippen molar-refractivity contribution in [3.8, 4) is 17.2 Å². The molecule has 224 valence electrons. The highest BCUT2D eigenvalue weighted by molar-refractivity contribution is 5.97. The normalized spacial score (nSPS) is 19.4. The van der Waals surface area contributed by atoms with Gasteiger partial charge in [-0.2, -0.15) is 0 Å². The van der Waals surface area contributed by atoms with E-state index in [2.05, 4.69) is 5.32 Å². The molecule has 0 aromatic heterocycles. The molecule has 0 radical (unpaired) electrons. The Labute approximate surface area is 252 Å². The third-order valence-corrected chi connectivity index (χ3v) is 7.55. The van der Waals surface area contributed by atoms with Crippen LogP contribution in [0.5, 0.6) is 17.2 Å². The summed E-state index contributed by atoms with van der Waals surface area (Å²) >= 11 is 0. The molecule has 4 bridgehead atoms. The zero-order valence-corrected chi connectivity index (χ0v) is 24.5. The van der Waals surface area contributed by atoms with Crippen molar-refractivity contribution in [2.75, 3.05) is 33.3 Å². The number of amides is 3. The molecular weight excluding hydrogens is 546 g/mol. The lowest BCUT2D eigenvalue weighted by Crippen LogP contribution is -2.57. The second kappa shape index (κ2) is 14.0. The molecule has 2 atom stereocenters. The maximum atomic E-state index is 13.6. The van der Waals surface area contributed by atoms with Crippen LogP contribution in [0.4, 0.5) is 0 Å². The minimum absolute atomic E-state index is 0.0976. The van der Waals surface area contributed by atoms with Crippen LogP contribution in [0.3, 0.4) is 0 Å². The van der Waals surface area contributed by atoms with E-state index in [1.54, 1.807) is 42.4 Å². The highest BCUT2D eigenvalue weighted by atomic mass is 16.5. The standard InChI is InChI=1S/C34H37N3O6/c1-3-17-37-22-32(38)35-28-16-18-36(33(39)15-12-24-8-5-4-6-9-24)21-31(28)42-23-25-10-7-11-27(19-25)43-30-20-26(34(37)40)13-14-29(30)41-2/h4-15,19-20,28,31H,3,16-18,21-23H2,1-2H3,(H,35,38)/b15-12+/t28-,31-/m0/s1. The Kier molecular flexibility index (Phi) is 9.73. The molecule has 0 spiro atoms. The van der Waals surface area contributed by atoms with E-state index in [1.165, 1.54) is 4.90 Å². The van der Waals surface area contributed by atoms with Crippen LogP contribution < -0.4 is 14.8 Å². The number of hydrogen-bond acceptors (Lipinski definition) is 6. The van der Waals surface area contributed by atoms with Crippen LogP contribution in [0, 0.1) is 0 Å². The van der Waals surface area contributed by atoms with Crippen molar-refractivity contribution in [1.29, 1.82) is 0 Å². The molecule has 5 rings (SSSR count). The predicted molar refractivity (Wildman–Crippen MR) is 163 cm³/mol. The zero-order chi connectivity index (χ0) is 30.2. The number of hydrogen-bond donors (Lipinski definition) is 1. The van der Waals surface area contributed by atoms with E-state index in [1.807, 2.05) is 61.5 Å². The van der Waals surface area contributed by atoms with E-state index >= 15 is 0 Å². The average Bonchev–Trinajstić information content (AvgIpc) is 3.03. The predicted octanol–water partition coefficient (Wildman–Crippen LogP) is 4.67. The first-order valence-electron chi connectivity index (χ1n) is 14.6. The first-order chi connectivity index (χ1) is 20.9. The van der Waals surface area contributed by atoms with Crippen LogP contribution in [0.25, 0.3) is 6.08 Å². The fourth-order valence-corrected chi connectivity index (χ4v) is 5.34. The Morgan fingerprint density at radius 1 is 1.07 bits per heavy atom. The van der Waals surface area contributed by atoms with Crippen molar-refractivity contribution in [1.82, 2.24) is 15.1 Å². The van der Waals surface area contributed by atoms with Crippen LogP contribution in [0.2, 0.25) is 0 Å². The van der Waals surface area contributed by atoms with Gasteiger partial charge < -0.3 is 29.3 Å². The number of benzene rings is 3. The molecular formula is C34H37N3O6. The van der Waals surface area contributed by atoms with E-state index in [0.717, 1.165) is 11.1 Å². The Bertz CT molecular complexity index is 1470. The quantitative estimate of drug-likeness (QED) is 0.439. The average molecular weight is 584 g/mol. The second-order valence-corrected chi connectivity index (χ2v) is 10.7. The van der Waals surface area contributed by atoms with E-state index in [-0.39, 0.29) is 36.9 Å². The van der Waals surface area contributed by atoms with Crippen LogP contribution in [-0.2, 0) is 20.9 Å². The van der Waals surface area contributed by atoms with Gasteiger partial charge in [0.15, 0.2) is 11.5 Å². The molecule has 1 fully saturated rings. The van der Waals surface area contributed by atoms with Gasteiger partial charge in [0, 0.05) is 31.3 Å². The van der Waals surface area contributed by atoms with E-state index in [9.17, 15) is 14.4 Å². The minimum Gasteiger partial charge on any atom is -0.493 e. The monoisotopic (exact) mass is 583 g/mol. The number of likely N-dealkylation sites (tertiary alicyclic amines) is 1. The number of nitrogens with one attached hydrogen (secondary N) is 1. The number of methoxy groups -OCH3 is 1. The summed E-state index contributed by atoms with van der Waals surface area (Å²) in [6, 6.07) is 21.8. The summed E-state index contributed by atoms with van der Waals surface area (Å²) in [6.45, 7) is 3.32. The highest BCUT2D eigenvalue weighted by Gasteiger charge is 2.33. The number of piperidine rings is 1. The largest absolute Gasteiger partial charge is 0.493 e. The van der Waals surface area contributed by atoms with Gasteiger partial charge in [-0.05, 0) is 60.4 Å². The molecule has 0 aliphatic carbocycles. The van der Waals surface area contributed by atoms with Gasteiger partial charge in [-0.1, -0.05) is 49.4 Å². The number of rotatable bonds is 5. The van der Waals surface area contributed by atoms with Crippen molar-refractivity contribution < 1.29 is 28.6 Å². The van der Waals surface area contributed by atoms with Crippen LogP contribution >= 0.6 is 0 Å². The number of fused-ring (bicyclic) bond motifs is 5. The Balaban J connectivity index is 1.41. The lowest BCUT2D eigenvalue weighted by Gasteiger charge is -2.38. The molecule has 43 heavy (non-hydrogen) atoms. The Morgan fingerprint density at radius 3 is 2.70 bits per heavy atom. The maximum absolute atomic E-state index is 13.6. The smallest absolute Gasteiger partial charge is 0.254 e. The SMILES string of the molecule is CCCN1CC(=O)N[C@H]2CCN(C(=O)/C=C/c3ccccc3)C[C@@H]2OCc2cccc(c2)Oc2cc(ccc2OC)C1=O. The van der Waals surface area contributed by atoms with Crippen LogP contribution in [-0.4, -0.2) is 73.0 Å². The number of carbonyl (C=O) groups is 3. The van der Waals surface area contributed by atoms with Crippen LogP contribution in [0.1, 0.15) is 41.3 Å². The minimum atomic E-state index is -0.451. The summed E-state index contributed by atoms with van der Waals surface area (Å²) in [5, 5.41) is 3.10. The van der Waals surface area contributed by atoms with Crippen molar-refractivity contribution >= 4 is 23.8 Å². The van der Waals surface area contributed by atoms with Crippen molar-refractivity contribution in [3.63, 3.8) is 0 Å². The molecule has 1 saturated heterocycles. The lowest BCUT2D eigenvalue weighted by atomic mass is 10.0. The molecule has 9 nitrogen and oxygen atoms in total. The van der Waals surface area contributed by atoms with Gasteiger partial charge in [0.2, 0.25) is 11.8 Å². The fourth-order valence-electron chi connectivity index (χ4n) is 5.34. The number of carbonyl (C=O) groups excluding carboxylic acids is 3. The first-order valence-corrected chi connectivity index (χ1v) is 14.6. The summed E-state index contributed by atoms with van der Waals surface area (Å²) in [6.07, 6.45) is 4.13. The van der Waals surface area contributed by atoms with E-state index in [4.69, 9.17) is 14.2 Å². The molecule has 0 unspecified atom stereocenters. The molecule has 3 aromatic rings. The summed E-state index contributed by atoms with van der Waals surface area (Å²) in [5.41, 5.74) is 2.20. The maximum Gasteiger partial charge on any atom is 0.254 e. The second-order valence-electron chi connectivity index (χ2n) is 10.7. The zero-order valence-electron chi connectivity index (χ0n) is 24.5. The molecule has 9 heteroatoms. The Morgan fingerprint density at radius 2 is 1.91 bits per heavy atom. The van der Waals surface area contributed by atoms with Crippen molar-refractivity contribution in [2.45, 2.75) is 38.5 Å². The van der Waals surface area contributed by atoms with Crippen molar-refractivity contribution in [2.24, 2.45) is 0 Å². The summed E-state index contributed by atoms with van der Waals surface area (Å²) in [5.74, 6) is 0.777. The first kappa shape index (κ1) is 29.8. The third-order valence-electron chi connectivity index (χ3n) is 7.55. The van der Waals surface area contributed by atoms with Gasteiger partial charge in [0.1, 0.15) is 5.75 Å². The summed E-state index contributed by atoms with van der Waals surface area (Å²) in [4.78, 5) is 43.2. The molecule has 3 amide bonds. The molecule has 3 aromatic carbocycles. The summed E-state index contributed by atoms with van der Waals surface area (Å²) < 4.78 is 18.0. The van der Waals surface area contributed by atoms with Crippen molar-refractivity contribution in [3.05, 3.63) is 95.6 Å². The third kappa shape index (κ3) is 7.61. The van der Waals surface area contributed by atoms with E-state index in [0.29, 0.717) is 55.3 Å². The number of nitrogens with zero attached hydrogens (tertiary/aromatic N) is 2. The molecule has 2 heterocycles. The van der Waals surface area contributed by atoms with Gasteiger partial charge in [-0.25, -0.2) is 0 Å². The molecule has 2 aliphatic rings. The summed E-state index contributed by atoms with van der Waals surface area (Å²) in [7, 11) is 1.54. The van der Waals surface area contributed by atoms with Gasteiger partial charge in [0.05, 0.1) is 32.4 Å². The molecule has 0 saturated carbocycles. The van der Waals surface area contributed by atoms with Gasteiger partial charge in [-0.15, -0.1) is 0 Å². The highest BCUT2D eigenvalue weighted by Crippen LogP contribution is 2.33. The number of ether oxygens (including phenoxy) is 3. The van der Waals surface area contributed by atoms with Gasteiger partial charge in [0.25, 0.3) is 5.91 Å². The fraction of sp³-hybridized carbons (Fsp3) is 0.324. The van der Waals surface area contributed by atoms with E-state index < -0.39 is 6.10 Å². The van der Waals surface area contributed by atoms with Gasteiger partial charge in [-0.3, -0.25) is 14.4 Å². The molecule has 1 N–H and O–H groups in total. The molecule has 2 aliphatic heterocycles.